The highest BCUT2D eigenvalue weighted by atomic mass is 35.5. The fourth-order valence-corrected chi connectivity index (χ4v) is 1.68. The molecule has 0 atom stereocenters. The van der Waals surface area contributed by atoms with E-state index in [1.165, 1.54) is 0 Å². The number of H-pyrrole nitrogens is 1. The Bertz CT molecular complexity index is 571. The highest BCUT2D eigenvalue weighted by Crippen LogP contribution is 2.19. The number of allylic oxidation sites excluding steroid dienone is 1. The second kappa shape index (κ2) is 6.16. The van der Waals surface area contributed by atoms with E-state index in [2.05, 4.69) is 19.9 Å². The maximum atomic E-state index is 4.33. The van der Waals surface area contributed by atoms with Gasteiger partial charge in [-0.25, -0.2) is 9.97 Å². The number of aliphatic imine (C=N–C) groups is 1. The quantitative estimate of drug-likeness (QED) is 0.864. The third-order valence-electron chi connectivity index (χ3n) is 2.29. The molecule has 0 amide bonds. The van der Waals surface area contributed by atoms with Gasteiger partial charge in [0.1, 0.15) is 12.0 Å². The van der Waals surface area contributed by atoms with Crippen molar-refractivity contribution in [1.82, 2.24) is 19.9 Å². The summed E-state index contributed by atoms with van der Waals surface area (Å²) in [6.45, 7) is 0. The van der Waals surface area contributed by atoms with E-state index in [1.54, 1.807) is 19.6 Å². The van der Waals surface area contributed by atoms with Gasteiger partial charge in [-0.05, 0) is 6.07 Å². The molecule has 0 fully saturated rings. The van der Waals surface area contributed by atoms with E-state index in [0.717, 1.165) is 22.3 Å². The number of hydrogen-bond acceptors (Lipinski definition) is 4. The lowest BCUT2D eigenvalue weighted by molar-refractivity contribution is 0.566. The van der Waals surface area contributed by atoms with E-state index in [9.17, 15) is 0 Å². The standard InChI is InChI=1S/C12H15N5.ClH/c1-13-6-9(7-17(2)3)11-10-4-5-14-12(10)16-8-15-11;/h4-8H,1-3H3,(H,14,15,16);1H/b9-7+,13-6+;. The average Bonchev–Trinajstić information content (AvgIpc) is 2.75. The van der Waals surface area contributed by atoms with Crippen LogP contribution in [0.2, 0.25) is 0 Å². The number of halogens is 1. The van der Waals surface area contributed by atoms with Crippen LogP contribution in [0.1, 0.15) is 5.69 Å². The van der Waals surface area contributed by atoms with Crippen LogP contribution in [0.15, 0.2) is 29.8 Å². The third kappa shape index (κ3) is 2.87. The first kappa shape index (κ1) is 14.2. The lowest BCUT2D eigenvalue weighted by atomic mass is 10.1. The van der Waals surface area contributed by atoms with Gasteiger partial charge >= 0.3 is 0 Å². The highest BCUT2D eigenvalue weighted by Gasteiger charge is 2.08. The minimum atomic E-state index is 0. The van der Waals surface area contributed by atoms with Crippen molar-refractivity contribution in [1.29, 1.82) is 0 Å². The van der Waals surface area contributed by atoms with Gasteiger partial charge in [0.05, 0.1) is 5.69 Å². The Balaban J connectivity index is 0.00000162. The fraction of sp³-hybridized carbons (Fsp3) is 0.250. The summed E-state index contributed by atoms with van der Waals surface area (Å²) in [5.41, 5.74) is 2.68. The molecular weight excluding hydrogens is 250 g/mol. The first-order valence-corrected chi connectivity index (χ1v) is 5.31. The van der Waals surface area contributed by atoms with Gasteiger partial charge in [-0.3, -0.25) is 4.99 Å². The Labute approximate surface area is 112 Å². The number of hydrogen-bond donors (Lipinski definition) is 1. The van der Waals surface area contributed by atoms with Gasteiger partial charge in [0, 0.05) is 50.7 Å². The molecule has 0 saturated heterocycles. The van der Waals surface area contributed by atoms with Crippen LogP contribution in [-0.4, -0.2) is 47.2 Å². The molecular formula is C12H16ClN5. The normalized spacial score (nSPS) is 11.8. The summed E-state index contributed by atoms with van der Waals surface area (Å²) < 4.78 is 0. The maximum absolute atomic E-state index is 4.33. The Morgan fingerprint density at radius 3 is 2.83 bits per heavy atom. The molecule has 2 aromatic rings. The molecule has 6 heteroatoms. The number of nitrogens with zero attached hydrogens (tertiary/aromatic N) is 4. The van der Waals surface area contributed by atoms with E-state index in [0.29, 0.717) is 0 Å². The molecule has 18 heavy (non-hydrogen) atoms. The Kier molecular flexibility index (Phi) is 4.85. The summed E-state index contributed by atoms with van der Waals surface area (Å²) in [6.07, 6.45) is 7.21. The molecule has 2 rings (SSSR count). The molecule has 0 unspecified atom stereocenters. The Morgan fingerprint density at radius 1 is 1.39 bits per heavy atom. The van der Waals surface area contributed by atoms with Crippen LogP contribution >= 0.6 is 12.4 Å². The molecule has 0 aliphatic heterocycles. The molecule has 96 valence electrons. The predicted octanol–water partition coefficient (Wildman–Crippen LogP) is 1.98. The minimum Gasteiger partial charge on any atom is -0.383 e. The van der Waals surface area contributed by atoms with E-state index in [1.807, 2.05) is 37.5 Å². The van der Waals surface area contributed by atoms with Gasteiger partial charge in [-0.1, -0.05) is 0 Å². The summed E-state index contributed by atoms with van der Waals surface area (Å²) >= 11 is 0. The second-order valence-electron chi connectivity index (χ2n) is 3.90. The molecule has 0 spiro atoms. The lowest BCUT2D eigenvalue weighted by Crippen LogP contribution is -2.04. The number of nitrogens with one attached hydrogen (secondary N) is 1. The van der Waals surface area contributed by atoms with Gasteiger partial charge in [-0.2, -0.15) is 0 Å². The molecule has 1 N–H and O–H groups in total. The van der Waals surface area contributed by atoms with Gasteiger partial charge < -0.3 is 9.88 Å². The first-order chi connectivity index (χ1) is 8.22. The summed E-state index contributed by atoms with van der Waals surface area (Å²) in [4.78, 5) is 17.6. The van der Waals surface area contributed by atoms with Crippen LogP contribution in [0, 0.1) is 0 Å². The molecule has 0 aliphatic carbocycles. The zero-order chi connectivity index (χ0) is 12.3. The Morgan fingerprint density at radius 2 is 2.17 bits per heavy atom. The van der Waals surface area contributed by atoms with Crippen molar-refractivity contribution >= 4 is 35.2 Å². The highest BCUT2D eigenvalue weighted by molar-refractivity contribution is 6.13. The Hall–Kier alpha value is -1.88. The van der Waals surface area contributed by atoms with Crippen molar-refractivity contribution in [3.63, 3.8) is 0 Å². The summed E-state index contributed by atoms with van der Waals surface area (Å²) in [7, 11) is 5.69. The zero-order valence-corrected chi connectivity index (χ0v) is 11.4. The van der Waals surface area contributed by atoms with Crippen LogP contribution < -0.4 is 0 Å². The predicted molar refractivity (Wildman–Crippen MR) is 77.2 cm³/mol. The summed E-state index contributed by atoms with van der Waals surface area (Å²) in [5.74, 6) is 0. The largest absolute Gasteiger partial charge is 0.383 e. The third-order valence-corrected chi connectivity index (χ3v) is 2.29. The maximum Gasteiger partial charge on any atom is 0.141 e. The molecule has 2 aromatic heterocycles. The number of fused-ring (bicyclic) bond motifs is 1. The monoisotopic (exact) mass is 265 g/mol. The van der Waals surface area contributed by atoms with Crippen molar-refractivity contribution in [3.8, 4) is 0 Å². The van der Waals surface area contributed by atoms with E-state index in [-0.39, 0.29) is 12.4 Å². The van der Waals surface area contributed by atoms with Crippen molar-refractivity contribution < 1.29 is 0 Å². The van der Waals surface area contributed by atoms with Gasteiger partial charge in [0.25, 0.3) is 0 Å². The van der Waals surface area contributed by atoms with Gasteiger partial charge in [-0.15, -0.1) is 12.4 Å². The molecule has 2 heterocycles. The van der Waals surface area contributed by atoms with E-state index < -0.39 is 0 Å². The smallest absolute Gasteiger partial charge is 0.141 e. The number of aromatic nitrogens is 3. The van der Waals surface area contributed by atoms with Crippen molar-refractivity contribution in [2.24, 2.45) is 4.99 Å². The van der Waals surface area contributed by atoms with Crippen LogP contribution in [-0.2, 0) is 0 Å². The number of rotatable bonds is 3. The molecule has 0 aliphatic rings. The van der Waals surface area contributed by atoms with Crippen LogP contribution in [0.25, 0.3) is 16.6 Å². The van der Waals surface area contributed by atoms with Crippen molar-refractivity contribution in [3.05, 3.63) is 30.5 Å². The summed E-state index contributed by atoms with van der Waals surface area (Å²) in [6, 6.07) is 1.97. The minimum absolute atomic E-state index is 0. The SMILES string of the molecule is C/N=C/C(=C\N(C)C)c1ncnc2[nH]ccc12.Cl. The summed E-state index contributed by atoms with van der Waals surface area (Å²) in [5, 5.41) is 1.00. The van der Waals surface area contributed by atoms with E-state index in [4.69, 9.17) is 0 Å². The van der Waals surface area contributed by atoms with Crippen LogP contribution in [0.3, 0.4) is 0 Å². The fourth-order valence-electron chi connectivity index (χ4n) is 1.68. The molecule has 0 bridgehead atoms. The second-order valence-corrected chi connectivity index (χ2v) is 3.90. The first-order valence-electron chi connectivity index (χ1n) is 5.31. The van der Waals surface area contributed by atoms with Crippen LogP contribution in [0.5, 0.6) is 0 Å². The molecule has 5 nitrogen and oxygen atoms in total. The average molecular weight is 266 g/mol. The van der Waals surface area contributed by atoms with Crippen molar-refractivity contribution in [2.75, 3.05) is 21.1 Å². The van der Waals surface area contributed by atoms with E-state index >= 15 is 0 Å². The molecule has 0 radical (unpaired) electrons. The zero-order valence-electron chi connectivity index (χ0n) is 10.6. The van der Waals surface area contributed by atoms with Gasteiger partial charge in [0.2, 0.25) is 0 Å². The van der Waals surface area contributed by atoms with Gasteiger partial charge in [0.15, 0.2) is 0 Å². The van der Waals surface area contributed by atoms with Crippen LogP contribution in [0.4, 0.5) is 0 Å². The number of aromatic amines is 1. The topological polar surface area (TPSA) is 57.2 Å². The van der Waals surface area contributed by atoms with Crippen molar-refractivity contribution in [2.45, 2.75) is 0 Å². The molecule has 0 aromatic carbocycles. The lowest BCUT2D eigenvalue weighted by Gasteiger charge is -2.08. The molecule has 0 saturated carbocycles.